The fourth-order valence-corrected chi connectivity index (χ4v) is 0.408. The second-order valence-corrected chi connectivity index (χ2v) is 2.17. The van der Waals surface area contributed by atoms with Gasteiger partial charge in [-0.1, -0.05) is 32.9 Å². The second kappa shape index (κ2) is 2.84. The smallest absolute Gasteiger partial charge is 0.0263 e. The third-order valence-corrected chi connectivity index (χ3v) is 1.27. The SMILES string of the molecule is C=C(CC)C(C)C. The van der Waals surface area contributed by atoms with Crippen molar-refractivity contribution in [3.8, 4) is 0 Å². The molecule has 0 aliphatic heterocycles. The summed E-state index contributed by atoms with van der Waals surface area (Å²) in [5.41, 5.74) is 1.35. The molecule has 0 heteroatoms. The summed E-state index contributed by atoms with van der Waals surface area (Å²) >= 11 is 0. The predicted molar refractivity (Wildman–Crippen MR) is 34.3 cm³/mol. The minimum atomic E-state index is 0.671. The topological polar surface area (TPSA) is 0 Å². The van der Waals surface area contributed by atoms with Gasteiger partial charge in [0.2, 0.25) is 0 Å². The van der Waals surface area contributed by atoms with Gasteiger partial charge in [0.05, 0.1) is 0 Å². The van der Waals surface area contributed by atoms with Gasteiger partial charge >= 0.3 is 0 Å². The molecule has 0 heterocycles. The van der Waals surface area contributed by atoms with Crippen molar-refractivity contribution in [2.45, 2.75) is 27.2 Å². The van der Waals surface area contributed by atoms with Gasteiger partial charge in [-0.05, 0) is 12.3 Å². The standard InChI is InChI=1S/C7H14/c1-5-7(4)6(2)3/h6H,4-5H2,1-3H3. The molecule has 0 atom stereocenters. The summed E-state index contributed by atoms with van der Waals surface area (Å²) in [6.45, 7) is 10.4. The molecule has 7 heavy (non-hydrogen) atoms. The molecule has 0 saturated heterocycles. The van der Waals surface area contributed by atoms with Crippen LogP contribution in [0.5, 0.6) is 0 Å². The lowest BCUT2D eigenvalue weighted by molar-refractivity contribution is 0.736. The van der Waals surface area contributed by atoms with E-state index < -0.39 is 0 Å². The first-order chi connectivity index (χ1) is 3.18. The van der Waals surface area contributed by atoms with E-state index in [0.29, 0.717) is 5.92 Å². The molecule has 42 valence electrons. The maximum atomic E-state index is 3.87. The zero-order valence-electron chi connectivity index (χ0n) is 5.49. The van der Waals surface area contributed by atoms with Crippen molar-refractivity contribution < 1.29 is 0 Å². The molecule has 0 aromatic carbocycles. The fraction of sp³-hybridized carbons (Fsp3) is 0.714. The minimum absolute atomic E-state index is 0.671. The lowest BCUT2D eigenvalue weighted by atomic mass is 10.0. The van der Waals surface area contributed by atoms with Crippen LogP contribution in [0.2, 0.25) is 0 Å². The van der Waals surface area contributed by atoms with Gasteiger partial charge in [0.15, 0.2) is 0 Å². The van der Waals surface area contributed by atoms with Gasteiger partial charge in [0, 0.05) is 0 Å². The molecule has 0 aliphatic carbocycles. The Balaban J connectivity index is 3.35. The Labute approximate surface area is 46.2 Å². The van der Waals surface area contributed by atoms with E-state index in [1.165, 1.54) is 5.57 Å². The maximum absolute atomic E-state index is 3.87. The summed E-state index contributed by atoms with van der Waals surface area (Å²) in [4.78, 5) is 0. The molecule has 0 aromatic heterocycles. The first-order valence-corrected chi connectivity index (χ1v) is 2.86. The van der Waals surface area contributed by atoms with E-state index in [9.17, 15) is 0 Å². The molecular weight excluding hydrogens is 84.1 g/mol. The first kappa shape index (κ1) is 6.74. The summed E-state index contributed by atoms with van der Waals surface area (Å²) in [7, 11) is 0. The monoisotopic (exact) mass is 98.1 g/mol. The highest BCUT2D eigenvalue weighted by atomic mass is 14.0. The van der Waals surface area contributed by atoms with Crippen LogP contribution in [0.25, 0.3) is 0 Å². The Bertz CT molecular complexity index is 60.4. The van der Waals surface area contributed by atoms with E-state index in [4.69, 9.17) is 0 Å². The van der Waals surface area contributed by atoms with E-state index in [-0.39, 0.29) is 0 Å². The Hall–Kier alpha value is -0.260. The summed E-state index contributed by atoms with van der Waals surface area (Å²) in [6.07, 6.45) is 1.12. The lowest BCUT2D eigenvalue weighted by Gasteiger charge is -2.03. The molecule has 0 nitrogen and oxygen atoms in total. The van der Waals surface area contributed by atoms with Crippen LogP contribution < -0.4 is 0 Å². The van der Waals surface area contributed by atoms with Crippen molar-refractivity contribution in [1.29, 1.82) is 0 Å². The van der Waals surface area contributed by atoms with E-state index in [1.807, 2.05) is 0 Å². The third kappa shape index (κ3) is 2.44. The van der Waals surface area contributed by atoms with Gasteiger partial charge in [-0.15, -0.1) is 0 Å². The summed E-state index contributed by atoms with van der Waals surface area (Å²) in [6, 6.07) is 0. The molecule has 0 amide bonds. The van der Waals surface area contributed by atoms with Crippen LogP contribution in [0, 0.1) is 5.92 Å². The molecule has 0 spiro atoms. The summed E-state index contributed by atoms with van der Waals surface area (Å²) in [5.74, 6) is 0.671. The molecular formula is C7H14. The van der Waals surface area contributed by atoms with Gasteiger partial charge < -0.3 is 0 Å². The Morgan fingerprint density at radius 3 is 2.00 bits per heavy atom. The quantitative estimate of drug-likeness (QED) is 0.466. The van der Waals surface area contributed by atoms with Crippen LogP contribution in [0.15, 0.2) is 12.2 Å². The van der Waals surface area contributed by atoms with Crippen molar-refractivity contribution >= 4 is 0 Å². The Morgan fingerprint density at radius 1 is 1.57 bits per heavy atom. The molecule has 0 radical (unpaired) electrons. The Kier molecular flexibility index (Phi) is 2.73. The van der Waals surface area contributed by atoms with Gasteiger partial charge in [-0.2, -0.15) is 0 Å². The molecule has 0 fully saturated rings. The molecule has 0 rings (SSSR count). The minimum Gasteiger partial charge on any atom is -0.0996 e. The summed E-state index contributed by atoms with van der Waals surface area (Å²) < 4.78 is 0. The van der Waals surface area contributed by atoms with Crippen molar-refractivity contribution in [3.63, 3.8) is 0 Å². The van der Waals surface area contributed by atoms with Crippen molar-refractivity contribution in [1.82, 2.24) is 0 Å². The third-order valence-electron chi connectivity index (χ3n) is 1.27. The van der Waals surface area contributed by atoms with E-state index in [1.54, 1.807) is 0 Å². The van der Waals surface area contributed by atoms with Crippen LogP contribution in [0.4, 0.5) is 0 Å². The predicted octanol–water partition coefficient (Wildman–Crippen LogP) is 2.61. The number of hydrogen-bond acceptors (Lipinski definition) is 0. The van der Waals surface area contributed by atoms with E-state index >= 15 is 0 Å². The van der Waals surface area contributed by atoms with Crippen molar-refractivity contribution in [2.24, 2.45) is 5.92 Å². The molecule has 0 unspecified atom stereocenters. The van der Waals surface area contributed by atoms with Crippen LogP contribution in [0.1, 0.15) is 27.2 Å². The highest BCUT2D eigenvalue weighted by molar-refractivity contribution is 4.95. The number of hydrogen-bond donors (Lipinski definition) is 0. The molecule has 0 N–H and O–H groups in total. The van der Waals surface area contributed by atoms with Crippen LogP contribution in [-0.4, -0.2) is 0 Å². The average molecular weight is 98.2 g/mol. The molecule has 0 bridgehead atoms. The van der Waals surface area contributed by atoms with Crippen LogP contribution in [0.3, 0.4) is 0 Å². The van der Waals surface area contributed by atoms with Gasteiger partial charge in [-0.25, -0.2) is 0 Å². The number of rotatable bonds is 2. The lowest BCUT2D eigenvalue weighted by Crippen LogP contribution is -1.87. The van der Waals surface area contributed by atoms with Crippen LogP contribution >= 0.6 is 0 Å². The first-order valence-electron chi connectivity index (χ1n) is 2.86. The van der Waals surface area contributed by atoms with E-state index in [0.717, 1.165) is 6.42 Å². The van der Waals surface area contributed by atoms with Gasteiger partial charge in [-0.3, -0.25) is 0 Å². The zero-order valence-corrected chi connectivity index (χ0v) is 5.49. The average Bonchev–Trinajstić information content (AvgIpc) is 1.65. The maximum Gasteiger partial charge on any atom is -0.0263 e. The van der Waals surface area contributed by atoms with E-state index in [2.05, 4.69) is 27.4 Å². The normalized spacial score (nSPS) is 9.71. The molecule has 0 saturated carbocycles. The van der Waals surface area contributed by atoms with Gasteiger partial charge in [0.1, 0.15) is 0 Å². The Morgan fingerprint density at radius 2 is 2.00 bits per heavy atom. The van der Waals surface area contributed by atoms with Crippen LogP contribution in [-0.2, 0) is 0 Å². The van der Waals surface area contributed by atoms with Crippen molar-refractivity contribution in [3.05, 3.63) is 12.2 Å². The molecule has 0 aromatic rings. The zero-order chi connectivity index (χ0) is 5.86. The number of allylic oxidation sites excluding steroid dienone is 1. The molecule has 0 aliphatic rings. The second-order valence-electron chi connectivity index (χ2n) is 2.17. The largest absolute Gasteiger partial charge is 0.0996 e. The summed E-state index contributed by atoms with van der Waals surface area (Å²) in [5, 5.41) is 0. The van der Waals surface area contributed by atoms with Crippen molar-refractivity contribution in [2.75, 3.05) is 0 Å². The van der Waals surface area contributed by atoms with Gasteiger partial charge in [0.25, 0.3) is 0 Å². The highest BCUT2D eigenvalue weighted by Crippen LogP contribution is 2.08. The fourth-order valence-electron chi connectivity index (χ4n) is 0.408. The highest BCUT2D eigenvalue weighted by Gasteiger charge is 1.93.